The lowest BCUT2D eigenvalue weighted by Gasteiger charge is -2.08. The van der Waals surface area contributed by atoms with E-state index >= 15 is 0 Å². The molecule has 0 aliphatic heterocycles. The van der Waals surface area contributed by atoms with Crippen molar-refractivity contribution < 1.29 is 4.74 Å². The van der Waals surface area contributed by atoms with Crippen LogP contribution in [0.25, 0.3) is 0 Å². The lowest BCUT2D eigenvalue weighted by atomic mass is 10.2. The van der Waals surface area contributed by atoms with E-state index in [1.165, 1.54) is 6.33 Å². The number of ether oxygens (including phenoxy) is 1. The molecule has 0 aliphatic rings. The predicted octanol–water partition coefficient (Wildman–Crippen LogP) is 2.19. The molecule has 1 aromatic carbocycles. The van der Waals surface area contributed by atoms with Gasteiger partial charge in [-0.2, -0.15) is 5.26 Å². The lowest BCUT2D eigenvalue weighted by molar-refractivity contribution is 0.458. The normalized spacial score (nSPS) is 9.61. The Morgan fingerprint density at radius 1 is 1.39 bits per heavy atom. The van der Waals surface area contributed by atoms with Gasteiger partial charge in [0.1, 0.15) is 16.5 Å². The van der Waals surface area contributed by atoms with E-state index in [2.05, 4.69) is 31.3 Å². The molecule has 0 unspecified atom stereocenters. The molecule has 2 aromatic rings. The second-order valence-electron chi connectivity index (χ2n) is 3.23. The minimum Gasteiger partial charge on any atom is -0.438 e. The number of nitrogens with one attached hydrogen (secondary N) is 1. The average molecular weight is 306 g/mol. The third-order valence-corrected chi connectivity index (χ3v) is 2.79. The van der Waals surface area contributed by atoms with Gasteiger partial charge in [0.2, 0.25) is 5.88 Å². The van der Waals surface area contributed by atoms with E-state index in [4.69, 9.17) is 15.8 Å². The highest BCUT2D eigenvalue weighted by Crippen LogP contribution is 2.31. The van der Waals surface area contributed by atoms with E-state index in [0.29, 0.717) is 27.5 Å². The number of nitriles is 1. The van der Waals surface area contributed by atoms with Gasteiger partial charge in [-0.25, -0.2) is 15.8 Å². The van der Waals surface area contributed by atoms with Crippen molar-refractivity contribution in [1.82, 2.24) is 9.97 Å². The van der Waals surface area contributed by atoms with Gasteiger partial charge < -0.3 is 10.2 Å². The van der Waals surface area contributed by atoms with Crippen LogP contribution < -0.4 is 16.0 Å². The van der Waals surface area contributed by atoms with Crippen LogP contribution in [0.2, 0.25) is 0 Å². The van der Waals surface area contributed by atoms with Gasteiger partial charge in [0.25, 0.3) is 0 Å². The summed E-state index contributed by atoms with van der Waals surface area (Å²) >= 11 is 3.28. The highest BCUT2D eigenvalue weighted by atomic mass is 79.9. The van der Waals surface area contributed by atoms with Crippen molar-refractivity contribution in [3.8, 4) is 17.7 Å². The van der Waals surface area contributed by atoms with Crippen molar-refractivity contribution in [1.29, 1.82) is 5.26 Å². The number of hydrogen-bond donors (Lipinski definition) is 2. The molecular weight excluding hydrogens is 298 g/mol. The van der Waals surface area contributed by atoms with Gasteiger partial charge in [0.05, 0.1) is 11.6 Å². The summed E-state index contributed by atoms with van der Waals surface area (Å²) in [5, 5.41) is 8.80. The van der Waals surface area contributed by atoms with Crippen LogP contribution in [0.1, 0.15) is 5.56 Å². The zero-order valence-corrected chi connectivity index (χ0v) is 10.7. The molecule has 1 aromatic heterocycles. The van der Waals surface area contributed by atoms with Crippen LogP contribution in [0.3, 0.4) is 0 Å². The summed E-state index contributed by atoms with van der Waals surface area (Å²) < 4.78 is 6.06. The first kappa shape index (κ1) is 12.3. The van der Waals surface area contributed by atoms with Crippen molar-refractivity contribution in [3.63, 3.8) is 0 Å². The number of nitrogen functional groups attached to an aromatic ring is 1. The number of rotatable bonds is 3. The fraction of sp³-hybridized carbons (Fsp3) is 0. The molecule has 2 rings (SSSR count). The molecule has 6 nitrogen and oxygen atoms in total. The highest BCUT2D eigenvalue weighted by molar-refractivity contribution is 9.10. The summed E-state index contributed by atoms with van der Waals surface area (Å²) in [5.41, 5.74) is 2.92. The number of hydrazine groups is 1. The van der Waals surface area contributed by atoms with Crippen LogP contribution >= 0.6 is 15.9 Å². The summed E-state index contributed by atoms with van der Waals surface area (Å²) in [6.07, 6.45) is 1.32. The Morgan fingerprint density at radius 2 is 2.22 bits per heavy atom. The molecule has 0 saturated heterocycles. The molecule has 1 heterocycles. The molecule has 0 radical (unpaired) electrons. The smallest absolute Gasteiger partial charge is 0.238 e. The number of nitrogens with zero attached hydrogens (tertiary/aromatic N) is 3. The Balaban J connectivity index is 2.31. The molecular formula is C11H8BrN5O. The Bertz CT molecular complexity index is 611. The third kappa shape index (κ3) is 2.56. The number of benzene rings is 1. The van der Waals surface area contributed by atoms with E-state index < -0.39 is 0 Å². The maximum atomic E-state index is 8.80. The van der Waals surface area contributed by atoms with Gasteiger partial charge in [-0.3, -0.25) is 0 Å². The molecule has 0 saturated carbocycles. The first-order chi connectivity index (χ1) is 8.74. The van der Waals surface area contributed by atoms with Gasteiger partial charge in [0.15, 0.2) is 5.82 Å². The SMILES string of the molecule is N#Cc1cccc(Oc2ncnc(NN)c2Br)c1. The molecule has 3 N–H and O–H groups in total. The summed E-state index contributed by atoms with van der Waals surface area (Å²) in [6.45, 7) is 0. The topological polar surface area (TPSA) is 96.8 Å². The fourth-order valence-electron chi connectivity index (χ4n) is 1.27. The third-order valence-electron chi connectivity index (χ3n) is 2.07. The van der Waals surface area contributed by atoms with Gasteiger partial charge in [-0.05, 0) is 34.1 Å². The van der Waals surface area contributed by atoms with Crippen LogP contribution in [0.4, 0.5) is 5.82 Å². The van der Waals surface area contributed by atoms with Crippen LogP contribution in [0.5, 0.6) is 11.6 Å². The molecule has 0 atom stereocenters. The Kier molecular flexibility index (Phi) is 3.72. The van der Waals surface area contributed by atoms with Crippen molar-refractivity contribution in [3.05, 3.63) is 40.6 Å². The van der Waals surface area contributed by atoms with Crippen molar-refractivity contribution in [2.45, 2.75) is 0 Å². The van der Waals surface area contributed by atoms with E-state index in [9.17, 15) is 0 Å². The highest BCUT2D eigenvalue weighted by Gasteiger charge is 2.10. The quantitative estimate of drug-likeness (QED) is 0.666. The second kappa shape index (κ2) is 5.44. The molecule has 0 spiro atoms. The predicted molar refractivity (Wildman–Crippen MR) is 68.8 cm³/mol. The van der Waals surface area contributed by atoms with Gasteiger partial charge in [0, 0.05) is 0 Å². The average Bonchev–Trinajstić information content (AvgIpc) is 2.41. The van der Waals surface area contributed by atoms with Crippen molar-refractivity contribution in [2.75, 3.05) is 5.43 Å². The molecule has 0 fully saturated rings. The van der Waals surface area contributed by atoms with Crippen LogP contribution in [-0.2, 0) is 0 Å². The van der Waals surface area contributed by atoms with E-state index in [1.54, 1.807) is 24.3 Å². The van der Waals surface area contributed by atoms with E-state index in [1.807, 2.05) is 6.07 Å². The van der Waals surface area contributed by atoms with Gasteiger partial charge >= 0.3 is 0 Å². The monoisotopic (exact) mass is 305 g/mol. The number of hydrogen-bond acceptors (Lipinski definition) is 6. The molecule has 0 bridgehead atoms. The zero-order chi connectivity index (χ0) is 13.0. The minimum atomic E-state index is 0.313. The van der Waals surface area contributed by atoms with E-state index in [0.717, 1.165) is 0 Å². The van der Waals surface area contributed by atoms with Crippen molar-refractivity contribution >= 4 is 21.7 Å². The first-order valence-electron chi connectivity index (χ1n) is 4.89. The first-order valence-corrected chi connectivity index (χ1v) is 5.69. The fourth-order valence-corrected chi connectivity index (χ4v) is 1.67. The molecule has 0 aliphatic carbocycles. The summed E-state index contributed by atoms with van der Waals surface area (Å²) in [4.78, 5) is 7.89. The number of nitrogens with two attached hydrogens (primary N) is 1. The maximum Gasteiger partial charge on any atom is 0.238 e. The second-order valence-corrected chi connectivity index (χ2v) is 4.02. The molecule has 90 valence electrons. The van der Waals surface area contributed by atoms with Crippen LogP contribution in [0, 0.1) is 11.3 Å². The zero-order valence-electron chi connectivity index (χ0n) is 9.09. The summed E-state index contributed by atoms with van der Waals surface area (Å²) in [7, 11) is 0. The lowest BCUT2D eigenvalue weighted by Crippen LogP contribution is -2.09. The standard InChI is InChI=1S/C11H8BrN5O/c12-9-10(17-14)15-6-16-11(9)18-8-3-1-2-7(4-8)5-13/h1-4,6H,14H2,(H,15,16,17). The maximum absolute atomic E-state index is 8.80. The van der Waals surface area contributed by atoms with Crippen LogP contribution in [-0.4, -0.2) is 9.97 Å². The summed E-state index contributed by atoms with van der Waals surface area (Å²) in [5.74, 6) is 6.53. The molecule has 7 heteroatoms. The molecule has 0 amide bonds. The van der Waals surface area contributed by atoms with Crippen molar-refractivity contribution in [2.24, 2.45) is 5.84 Å². The summed E-state index contributed by atoms with van der Waals surface area (Å²) in [6, 6.07) is 8.79. The Hall–Kier alpha value is -2.17. The largest absolute Gasteiger partial charge is 0.438 e. The Morgan fingerprint density at radius 3 is 2.94 bits per heavy atom. The van der Waals surface area contributed by atoms with Gasteiger partial charge in [-0.1, -0.05) is 6.07 Å². The van der Waals surface area contributed by atoms with Gasteiger partial charge in [-0.15, -0.1) is 0 Å². The number of halogens is 1. The van der Waals surface area contributed by atoms with E-state index in [-0.39, 0.29) is 0 Å². The number of anilines is 1. The molecule has 18 heavy (non-hydrogen) atoms. The minimum absolute atomic E-state index is 0.313. The number of aromatic nitrogens is 2. The Labute approximate surface area is 112 Å². The van der Waals surface area contributed by atoms with Crippen LogP contribution in [0.15, 0.2) is 35.1 Å².